The molecule has 0 bridgehead atoms. The van der Waals surface area contributed by atoms with Crippen LogP contribution in [0.3, 0.4) is 0 Å². The summed E-state index contributed by atoms with van der Waals surface area (Å²) in [5.41, 5.74) is 6.97. The molecule has 0 fully saturated rings. The van der Waals surface area contributed by atoms with E-state index in [4.69, 9.17) is 15.2 Å². The predicted octanol–water partition coefficient (Wildman–Crippen LogP) is 2.77. The van der Waals surface area contributed by atoms with Crippen LogP contribution in [0.4, 0.5) is 0 Å². The van der Waals surface area contributed by atoms with Gasteiger partial charge >= 0.3 is 0 Å². The molecule has 0 radical (unpaired) electrons. The highest BCUT2D eigenvalue weighted by atomic mass is 16.5. The number of rotatable bonds is 6. The Morgan fingerprint density at radius 3 is 2.57 bits per heavy atom. The summed E-state index contributed by atoms with van der Waals surface area (Å²) in [6, 6.07) is 15.3. The van der Waals surface area contributed by atoms with Gasteiger partial charge in [0.25, 0.3) is 0 Å². The molecule has 0 aromatic heterocycles. The molecule has 2 rings (SSSR count). The molecule has 0 heterocycles. The van der Waals surface area contributed by atoms with Crippen molar-refractivity contribution in [2.45, 2.75) is 6.61 Å². The lowest BCUT2D eigenvalue weighted by Gasteiger charge is -2.11. The van der Waals surface area contributed by atoms with E-state index in [1.807, 2.05) is 36.4 Å². The first-order valence-electron chi connectivity index (χ1n) is 6.51. The van der Waals surface area contributed by atoms with Gasteiger partial charge < -0.3 is 15.2 Å². The van der Waals surface area contributed by atoms with Gasteiger partial charge in [-0.15, -0.1) is 0 Å². The van der Waals surface area contributed by atoms with Crippen molar-refractivity contribution in [2.75, 3.05) is 7.11 Å². The summed E-state index contributed by atoms with van der Waals surface area (Å²) in [6.07, 6.45) is 2.94. The van der Waals surface area contributed by atoms with Crippen LogP contribution in [0.15, 0.2) is 54.6 Å². The maximum atomic E-state index is 10.8. The van der Waals surface area contributed by atoms with Crippen molar-refractivity contribution >= 4 is 12.0 Å². The van der Waals surface area contributed by atoms with Gasteiger partial charge in [0.05, 0.1) is 7.11 Å². The van der Waals surface area contributed by atoms with Crippen LogP contribution < -0.4 is 15.2 Å². The molecule has 4 nitrogen and oxygen atoms in total. The Kier molecular flexibility index (Phi) is 4.99. The Morgan fingerprint density at radius 2 is 1.90 bits per heavy atom. The smallest absolute Gasteiger partial charge is 0.241 e. The fraction of sp³-hybridized carbons (Fsp3) is 0.118. The molecule has 108 valence electrons. The van der Waals surface area contributed by atoms with Crippen LogP contribution in [-0.2, 0) is 11.4 Å². The molecular weight excluding hydrogens is 266 g/mol. The highest BCUT2D eigenvalue weighted by Crippen LogP contribution is 2.29. The molecule has 21 heavy (non-hydrogen) atoms. The average Bonchev–Trinajstić information content (AvgIpc) is 2.52. The number of benzene rings is 2. The van der Waals surface area contributed by atoms with E-state index < -0.39 is 5.91 Å². The number of primary amides is 1. The van der Waals surface area contributed by atoms with Crippen molar-refractivity contribution in [2.24, 2.45) is 5.73 Å². The second kappa shape index (κ2) is 7.14. The number of carbonyl (C=O) groups excluding carboxylic acids is 1. The lowest BCUT2D eigenvalue weighted by molar-refractivity contribution is -0.113. The molecule has 0 aliphatic carbocycles. The molecule has 0 spiro atoms. The van der Waals surface area contributed by atoms with Crippen molar-refractivity contribution in [3.05, 3.63) is 65.7 Å². The molecule has 0 aliphatic rings. The van der Waals surface area contributed by atoms with Crippen LogP contribution >= 0.6 is 0 Å². The molecule has 2 N–H and O–H groups in total. The van der Waals surface area contributed by atoms with Crippen molar-refractivity contribution in [1.82, 2.24) is 0 Å². The van der Waals surface area contributed by atoms with E-state index in [0.29, 0.717) is 18.1 Å². The van der Waals surface area contributed by atoms with E-state index in [2.05, 4.69) is 0 Å². The van der Waals surface area contributed by atoms with Gasteiger partial charge in [-0.05, 0) is 29.3 Å². The number of hydrogen-bond donors (Lipinski definition) is 1. The Hall–Kier alpha value is -2.75. The average molecular weight is 283 g/mol. The van der Waals surface area contributed by atoms with Gasteiger partial charge in [-0.3, -0.25) is 4.79 Å². The minimum Gasteiger partial charge on any atom is -0.493 e. The molecule has 2 aromatic rings. The van der Waals surface area contributed by atoms with E-state index in [1.165, 1.54) is 6.08 Å². The van der Waals surface area contributed by atoms with E-state index in [9.17, 15) is 4.79 Å². The summed E-state index contributed by atoms with van der Waals surface area (Å²) in [4.78, 5) is 10.8. The van der Waals surface area contributed by atoms with E-state index >= 15 is 0 Å². The fourth-order valence-corrected chi connectivity index (χ4v) is 1.82. The number of ether oxygens (including phenoxy) is 2. The van der Waals surface area contributed by atoms with Crippen LogP contribution in [0.5, 0.6) is 11.5 Å². The quantitative estimate of drug-likeness (QED) is 0.829. The zero-order valence-electron chi connectivity index (χ0n) is 11.8. The number of methoxy groups -OCH3 is 1. The molecule has 4 heteroatoms. The van der Waals surface area contributed by atoms with Crippen LogP contribution in [0.2, 0.25) is 0 Å². The SMILES string of the molecule is COc1ccc(/C=C/C(N)=O)cc1OCc1ccccc1. The van der Waals surface area contributed by atoms with Crippen molar-refractivity contribution in [1.29, 1.82) is 0 Å². The van der Waals surface area contributed by atoms with E-state index in [1.54, 1.807) is 25.3 Å². The molecule has 0 aliphatic heterocycles. The standard InChI is InChI=1S/C17H17NO3/c1-20-15-9-7-13(8-10-17(18)19)11-16(15)21-12-14-5-3-2-4-6-14/h2-11H,12H2,1H3,(H2,18,19)/b10-8+. The van der Waals surface area contributed by atoms with Crippen molar-refractivity contribution in [3.63, 3.8) is 0 Å². The molecule has 0 saturated heterocycles. The first kappa shape index (κ1) is 14.7. The Labute approximate surface area is 123 Å². The minimum atomic E-state index is -0.488. The Bertz CT molecular complexity index is 636. The second-order valence-corrected chi connectivity index (χ2v) is 4.42. The molecule has 0 saturated carbocycles. The number of nitrogens with two attached hydrogens (primary N) is 1. The number of amides is 1. The van der Waals surface area contributed by atoms with Gasteiger partial charge in [-0.25, -0.2) is 0 Å². The summed E-state index contributed by atoms with van der Waals surface area (Å²) in [7, 11) is 1.59. The Morgan fingerprint density at radius 1 is 1.14 bits per heavy atom. The first-order chi connectivity index (χ1) is 10.2. The van der Waals surface area contributed by atoms with Crippen molar-refractivity contribution in [3.8, 4) is 11.5 Å². The summed E-state index contributed by atoms with van der Waals surface area (Å²) in [5.74, 6) is 0.771. The topological polar surface area (TPSA) is 61.5 Å². The number of carbonyl (C=O) groups is 1. The van der Waals surface area contributed by atoms with Gasteiger partial charge in [0.1, 0.15) is 6.61 Å². The Balaban J connectivity index is 2.16. The first-order valence-corrected chi connectivity index (χ1v) is 6.51. The third-order valence-corrected chi connectivity index (χ3v) is 2.86. The number of hydrogen-bond acceptors (Lipinski definition) is 3. The zero-order valence-corrected chi connectivity index (χ0v) is 11.8. The summed E-state index contributed by atoms with van der Waals surface area (Å²) < 4.78 is 11.1. The minimum absolute atomic E-state index is 0.445. The third kappa shape index (κ3) is 4.38. The molecular formula is C17H17NO3. The molecule has 1 amide bonds. The third-order valence-electron chi connectivity index (χ3n) is 2.86. The van der Waals surface area contributed by atoms with Crippen molar-refractivity contribution < 1.29 is 14.3 Å². The van der Waals surface area contributed by atoms with E-state index in [0.717, 1.165) is 11.1 Å². The van der Waals surface area contributed by atoms with E-state index in [-0.39, 0.29) is 0 Å². The van der Waals surface area contributed by atoms with Gasteiger partial charge in [-0.2, -0.15) is 0 Å². The fourth-order valence-electron chi connectivity index (χ4n) is 1.82. The van der Waals surface area contributed by atoms with Gasteiger partial charge in [0, 0.05) is 6.08 Å². The molecule has 0 atom stereocenters. The summed E-state index contributed by atoms with van der Waals surface area (Å²) in [5, 5.41) is 0. The monoisotopic (exact) mass is 283 g/mol. The highest BCUT2D eigenvalue weighted by Gasteiger charge is 2.05. The molecule has 2 aromatic carbocycles. The zero-order chi connectivity index (χ0) is 15.1. The normalized spacial score (nSPS) is 10.5. The highest BCUT2D eigenvalue weighted by molar-refractivity contribution is 5.90. The van der Waals surface area contributed by atoms with Crippen LogP contribution in [-0.4, -0.2) is 13.0 Å². The van der Waals surface area contributed by atoms with Gasteiger partial charge in [-0.1, -0.05) is 36.4 Å². The lowest BCUT2D eigenvalue weighted by Crippen LogP contribution is -2.05. The lowest BCUT2D eigenvalue weighted by atomic mass is 10.2. The predicted molar refractivity (Wildman–Crippen MR) is 82.0 cm³/mol. The maximum absolute atomic E-state index is 10.8. The second-order valence-electron chi connectivity index (χ2n) is 4.42. The van der Waals surface area contributed by atoms with Crippen LogP contribution in [0, 0.1) is 0 Å². The largest absolute Gasteiger partial charge is 0.493 e. The van der Waals surface area contributed by atoms with Crippen LogP contribution in [0.25, 0.3) is 6.08 Å². The van der Waals surface area contributed by atoms with Gasteiger partial charge in [0.2, 0.25) is 5.91 Å². The summed E-state index contributed by atoms with van der Waals surface area (Å²) >= 11 is 0. The maximum Gasteiger partial charge on any atom is 0.241 e. The van der Waals surface area contributed by atoms with Crippen LogP contribution in [0.1, 0.15) is 11.1 Å². The summed E-state index contributed by atoms with van der Waals surface area (Å²) in [6.45, 7) is 0.445. The molecule has 0 unspecified atom stereocenters. The van der Waals surface area contributed by atoms with Gasteiger partial charge in [0.15, 0.2) is 11.5 Å².